The fourth-order valence-electron chi connectivity index (χ4n) is 2.67. The first kappa shape index (κ1) is 22.4. The minimum Gasteiger partial charge on any atom is -1.00 e. The second-order valence-corrected chi connectivity index (χ2v) is 6.29. The van der Waals surface area contributed by atoms with Crippen molar-refractivity contribution in [2.45, 2.75) is 91.2 Å². The Morgan fingerprint density at radius 1 is 0.783 bits per heavy atom. The Morgan fingerprint density at radius 2 is 1.30 bits per heavy atom. The van der Waals surface area contributed by atoms with Crippen molar-refractivity contribution in [3.63, 3.8) is 0 Å². The molecule has 0 aliphatic rings. The molecule has 0 aliphatic carbocycles. The standard InChI is InChI=1S/C20H36NO.ClH/c1-3-5-6-7-8-9-10-11-12-13-18-22-19-21-16-14-20(4-2)15-17-21;/h14-17H,3-13,18-19H2,1-2H3;1H/q+1;/p-1. The highest BCUT2D eigenvalue weighted by atomic mass is 35.5. The Balaban J connectivity index is 0.00000484. The molecule has 0 amide bonds. The fourth-order valence-corrected chi connectivity index (χ4v) is 2.67. The van der Waals surface area contributed by atoms with E-state index in [9.17, 15) is 0 Å². The van der Waals surface area contributed by atoms with Crippen LogP contribution in [0.4, 0.5) is 0 Å². The molecule has 0 aliphatic heterocycles. The average molecular weight is 342 g/mol. The summed E-state index contributed by atoms with van der Waals surface area (Å²) < 4.78 is 7.83. The molecule has 0 bridgehead atoms. The van der Waals surface area contributed by atoms with Crippen molar-refractivity contribution >= 4 is 0 Å². The van der Waals surface area contributed by atoms with Gasteiger partial charge in [0.1, 0.15) is 0 Å². The van der Waals surface area contributed by atoms with Crippen molar-refractivity contribution in [3.05, 3.63) is 30.1 Å². The van der Waals surface area contributed by atoms with Gasteiger partial charge in [-0.2, -0.15) is 4.57 Å². The van der Waals surface area contributed by atoms with Crippen LogP contribution in [0.2, 0.25) is 0 Å². The third kappa shape index (κ3) is 12.5. The predicted octanol–water partition coefficient (Wildman–Crippen LogP) is 2.44. The van der Waals surface area contributed by atoms with Crippen LogP contribution in [0, 0.1) is 0 Å². The number of unbranched alkanes of at least 4 members (excludes halogenated alkanes) is 9. The number of halogens is 1. The van der Waals surface area contributed by atoms with Crippen LogP contribution in [0.25, 0.3) is 0 Å². The second kappa shape index (κ2) is 16.3. The predicted molar refractivity (Wildman–Crippen MR) is 93.8 cm³/mol. The second-order valence-electron chi connectivity index (χ2n) is 6.29. The maximum absolute atomic E-state index is 5.73. The summed E-state index contributed by atoms with van der Waals surface area (Å²) in [5.41, 5.74) is 1.38. The molecule has 0 fully saturated rings. The molecule has 0 aromatic carbocycles. The van der Waals surface area contributed by atoms with E-state index in [1.807, 2.05) is 0 Å². The highest BCUT2D eigenvalue weighted by Crippen LogP contribution is 2.10. The molecule has 1 rings (SSSR count). The van der Waals surface area contributed by atoms with Crippen molar-refractivity contribution in [3.8, 4) is 0 Å². The molecular weight excluding hydrogens is 306 g/mol. The number of rotatable bonds is 14. The summed E-state index contributed by atoms with van der Waals surface area (Å²) in [6.07, 6.45) is 19.1. The summed E-state index contributed by atoms with van der Waals surface area (Å²) in [5, 5.41) is 0. The molecule has 0 N–H and O–H groups in total. The van der Waals surface area contributed by atoms with Crippen molar-refractivity contribution in [2.24, 2.45) is 0 Å². The van der Waals surface area contributed by atoms with Crippen LogP contribution in [0.5, 0.6) is 0 Å². The van der Waals surface area contributed by atoms with Crippen molar-refractivity contribution in [2.75, 3.05) is 6.61 Å². The first-order valence-corrected chi connectivity index (χ1v) is 9.42. The van der Waals surface area contributed by atoms with Crippen LogP contribution in [0.15, 0.2) is 24.5 Å². The van der Waals surface area contributed by atoms with E-state index < -0.39 is 0 Å². The molecule has 1 heterocycles. The Kier molecular flexibility index (Phi) is 15.8. The monoisotopic (exact) mass is 341 g/mol. The first-order chi connectivity index (χ1) is 10.9. The topological polar surface area (TPSA) is 13.1 Å². The molecule has 134 valence electrons. The fraction of sp³-hybridized carbons (Fsp3) is 0.750. The number of ether oxygens (including phenoxy) is 1. The Hall–Kier alpha value is -0.600. The van der Waals surface area contributed by atoms with E-state index in [1.165, 1.54) is 69.8 Å². The average Bonchev–Trinajstić information content (AvgIpc) is 2.56. The Bertz CT molecular complexity index is 353. The van der Waals surface area contributed by atoms with E-state index in [1.54, 1.807) is 0 Å². The number of hydrogen-bond donors (Lipinski definition) is 0. The molecular formula is C20H36ClNO. The molecule has 0 unspecified atom stereocenters. The highest BCUT2D eigenvalue weighted by molar-refractivity contribution is 5.06. The van der Waals surface area contributed by atoms with Crippen LogP contribution in [0.3, 0.4) is 0 Å². The van der Waals surface area contributed by atoms with Gasteiger partial charge in [-0.05, 0) is 18.4 Å². The number of nitrogens with zero attached hydrogens (tertiary/aromatic N) is 1. The molecule has 1 aromatic heterocycles. The molecule has 0 spiro atoms. The molecule has 0 saturated heterocycles. The summed E-state index contributed by atoms with van der Waals surface area (Å²) in [4.78, 5) is 0. The lowest BCUT2D eigenvalue weighted by molar-refractivity contribution is -0.732. The Labute approximate surface area is 150 Å². The molecule has 3 heteroatoms. The van der Waals surface area contributed by atoms with E-state index in [4.69, 9.17) is 4.74 Å². The number of hydrogen-bond acceptors (Lipinski definition) is 1. The smallest absolute Gasteiger partial charge is 0.252 e. The zero-order valence-electron chi connectivity index (χ0n) is 15.2. The zero-order valence-corrected chi connectivity index (χ0v) is 16.0. The number of aryl methyl sites for hydroxylation is 1. The van der Waals surface area contributed by atoms with E-state index in [2.05, 4.69) is 42.9 Å². The first-order valence-electron chi connectivity index (χ1n) is 9.42. The summed E-state index contributed by atoms with van der Waals surface area (Å²) in [6.45, 7) is 6.03. The van der Waals surface area contributed by atoms with Crippen LogP contribution < -0.4 is 17.0 Å². The van der Waals surface area contributed by atoms with E-state index in [0.717, 1.165) is 13.0 Å². The maximum Gasteiger partial charge on any atom is 0.252 e. The molecule has 0 atom stereocenters. The lowest BCUT2D eigenvalue weighted by Gasteiger charge is -2.03. The number of aromatic nitrogens is 1. The van der Waals surface area contributed by atoms with Crippen LogP contribution in [-0.4, -0.2) is 6.61 Å². The van der Waals surface area contributed by atoms with Gasteiger partial charge in [0.05, 0.1) is 6.61 Å². The molecule has 2 nitrogen and oxygen atoms in total. The van der Waals surface area contributed by atoms with E-state index in [-0.39, 0.29) is 12.4 Å². The summed E-state index contributed by atoms with van der Waals surface area (Å²) in [7, 11) is 0. The van der Waals surface area contributed by atoms with Crippen LogP contribution in [-0.2, 0) is 17.9 Å². The van der Waals surface area contributed by atoms with Gasteiger partial charge in [0.2, 0.25) is 0 Å². The molecule has 0 radical (unpaired) electrons. The van der Waals surface area contributed by atoms with Crippen LogP contribution >= 0.6 is 0 Å². The van der Waals surface area contributed by atoms with Gasteiger partial charge in [0.15, 0.2) is 12.4 Å². The van der Waals surface area contributed by atoms with E-state index >= 15 is 0 Å². The van der Waals surface area contributed by atoms with Crippen molar-refractivity contribution in [1.82, 2.24) is 0 Å². The molecule has 23 heavy (non-hydrogen) atoms. The lowest BCUT2D eigenvalue weighted by Crippen LogP contribution is -3.00. The van der Waals surface area contributed by atoms with E-state index in [0.29, 0.717) is 6.73 Å². The number of pyridine rings is 1. The van der Waals surface area contributed by atoms with Gasteiger partial charge in [-0.3, -0.25) is 0 Å². The van der Waals surface area contributed by atoms with Crippen molar-refractivity contribution < 1.29 is 21.7 Å². The quantitative estimate of drug-likeness (QED) is 0.374. The Morgan fingerprint density at radius 3 is 1.83 bits per heavy atom. The highest BCUT2D eigenvalue weighted by Gasteiger charge is 1.99. The van der Waals surface area contributed by atoms with Crippen molar-refractivity contribution in [1.29, 1.82) is 0 Å². The minimum absolute atomic E-state index is 0. The summed E-state index contributed by atoms with van der Waals surface area (Å²) >= 11 is 0. The minimum atomic E-state index is 0. The molecule has 1 aromatic rings. The van der Waals surface area contributed by atoms with Crippen LogP contribution in [0.1, 0.15) is 83.6 Å². The molecule has 0 saturated carbocycles. The van der Waals surface area contributed by atoms with Gasteiger partial charge in [0, 0.05) is 12.1 Å². The normalized spacial score (nSPS) is 10.5. The SMILES string of the molecule is CCCCCCCCCCCCOC[n+]1ccc(CC)cc1.[Cl-]. The van der Waals surface area contributed by atoms with Gasteiger partial charge in [0.25, 0.3) is 6.73 Å². The third-order valence-electron chi connectivity index (χ3n) is 4.25. The van der Waals surface area contributed by atoms with Gasteiger partial charge in [-0.15, -0.1) is 0 Å². The maximum atomic E-state index is 5.73. The zero-order chi connectivity index (χ0) is 15.9. The third-order valence-corrected chi connectivity index (χ3v) is 4.25. The van der Waals surface area contributed by atoms with Gasteiger partial charge in [-0.1, -0.05) is 71.6 Å². The largest absolute Gasteiger partial charge is 1.00 e. The van der Waals surface area contributed by atoms with Gasteiger partial charge >= 0.3 is 0 Å². The summed E-state index contributed by atoms with van der Waals surface area (Å²) in [5.74, 6) is 0. The lowest BCUT2D eigenvalue weighted by atomic mass is 10.1. The van der Waals surface area contributed by atoms with Gasteiger partial charge in [-0.25, -0.2) is 0 Å². The summed E-state index contributed by atoms with van der Waals surface area (Å²) in [6, 6.07) is 4.34. The van der Waals surface area contributed by atoms with Gasteiger partial charge < -0.3 is 17.1 Å².